The Labute approximate surface area is 152 Å². The lowest BCUT2D eigenvalue weighted by Gasteiger charge is -2.30. The summed E-state index contributed by atoms with van der Waals surface area (Å²) in [5, 5.41) is 8.85. The van der Waals surface area contributed by atoms with Crippen molar-refractivity contribution in [2.45, 2.75) is 38.8 Å². The molecule has 1 fully saturated rings. The highest BCUT2D eigenvalue weighted by atomic mass is 32.2. The Bertz CT molecular complexity index is 608. The Morgan fingerprint density at radius 2 is 2.00 bits per heavy atom. The number of carboxylic acids is 1. The first kappa shape index (κ1) is 19.3. The first-order valence-electron chi connectivity index (χ1n) is 8.44. The molecule has 1 aromatic carbocycles. The van der Waals surface area contributed by atoms with Gasteiger partial charge in [0.2, 0.25) is 11.8 Å². The van der Waals surface area contributed by atoms with Crippen molar-refractivity contribution in [2.75, 3.05) is 18.2 Å². The van der Waals surface area contributed by atoms with Crippen molar-refractivity contribution in [2.24, 2.45) is 0 Å². The fourth-order valence-electron chi connectivity index (χ4n) is 2.80. The van der Waals surface area contributed by atoms with Gasteiger partial charge in [-0.3, -0.25) is 14.4 Å². The quantitative estimate of drug-likeness (QED) is 0.765. The number of nitrogens with zero attached hydrogens (tertiary/aromatic N) is 2. The normalized spacial score (nSPS) is 16.7. The average Bonchev–Trinajstić information content (AvgIpc) is 3.10. The van der Waals surface area contributed by atoms with Gasteiger partial charge in [0.1, 0.15) is 6.04 Å². The van der Waals surface area contributed by atoms with Gasteiger partial charge < -0.3 is 14.9 Å². The summed E-state index contributed by atoms with van der Waals surface area (Å²) in [6, 6.07) is 9.16. The van der Waals surface area contributed by atoms with Gasteiger partial charge in [-0.1, -0.05) is 37.3 Å². The second-order valence-corrected chi connectivity index (χ2v) is 6.98. The molecule has 1 unspecified atom stereocenters. The second-order valence-electron chi connectivity index (χ2n) is 5.98. The molecule has 1 aliphatic heterocycles. The van der Waals surface area contributed by atoms with Gasteiger partial charge in [-0.15, -0.1) is 11.8 Å². The van der Waals surface area contributed by atoms with Crippen LogP contribution in [-0.2, 0) is 20.9 Å². The molecule has 7 heteroatoms. The van der Waals surface area contributed by atoms with Crippen molar-refractivity contribution >= 4 is 29.5 Å². The molecule has 2 rings (SSSR count). The van der Waals surface area contributed by atoms with Crippen LogP contribution in [-0.4, -0.2) is 56.9 Å². The number of rotatable bonds is 8. The van der Waals surface area contributed by atoms with E-state index in [4.69, 9.17) is 5.11 Å². The molecule has 6 nitrogen and oxygen atoms in total. The molecular weight excluding hydrogens is 340 g/mol. The molecule has 25 heavy (non-hydrogen) atoms. The minimum atomic E-state index is -0.869. The minimum Gasteiger partial charge on any atom is -0.481 e. The van der Waals surface area contributed by atoms with Crippen molar-refractivity contribution in [3.8, 4) is 0 Å². The topological polar surface area (TPSA) is 77.9 Å². The summed E-state index contributed by atoms with van der Waals surface area (Å²) in [5.74, 6) is 0.146. The molecule has 0 saturated carbocycles. The van der Waals surface area contributed by atoms with Gasteiger partial charge in [0.05, 0.1) is 5.88 Å². The summed E-state index contributed by atoms with van der Waals surface area (Å²) < 4.78 is 0. The number of benzene rings is 1. The van der Waals surface area contributed by atoms with E-state index in [1.165, 1.54) is 0 Å². The summed E-state index contributed by atoms with van der Waals surface area (Å²) in [7, 11) is 0. The number of carboxylic acid groups (broad SMARTS) is 1. The summed E-state index contributed by atoms with van der Waals surface area (Å²) in [5.41, 5.74) is 0.991. The first-order chi connectivity index (χ1) is 12.0. The highest BCUT2D eigenvalue weighted by Crippen LogP contribution is 2.24. The number of thioether (sulfide) groups is 1. The van der Waals surface area contributed by atoms with Crippen molar-refractivity contribution < 1.29 is 19.5 Å². The number of aliphatic carboxylic acids is 1. The maximum atomic E-state index is 13.0. The molecule has 1 atom stereocenters. The lowest BCUT2D eigenvalue weighted by atomic mass is 10.1. The van der Waals surface area contributed by atoms with Crippen LogP contribution in [0.25, 0.3) is 0 Å². The lowest BCUT2D eigenvalue weighted by molar-refractivity contribution is -0.144. The molecule has 2 amide bonds. The third-order valence-corrected chi connectivity index (χ3v) is 5.15. The van der Waals surface area contributed by atoms with E-state index in [2.05, 4.69) is 0 Å². The van der Waals surface area contributed by atoms with Crippen molar-refractivity contribution in [1.29, 1.82) is 0 Å². The SMILES string of the molecule is CCC(=O)N1CSCC1C(=O)N(CCCC(=O)O)Cc1ccccc1. The molecule has 0 bridgehead atoms. The summed E-state index contributed by atoms with van der Waals surface area (Å²) in [6.45, 7) is 2.59. The third kappa shape index (κ3) is 5.49. The standard InChI is InChI=1S/C18H24N2O4S/c1-2-16(21)20-13-25-12-15(20)18(24)19(10-6-9-17(22)23)11-14-7-4-3-5-8-14/h3-5,7-8,15H,2,6,9-13H2,1H3,(H,22,23). The zero-order chi connectivity index (χ0) is 18.2. The smallest absolute Gasteiger partial charge is 0.303 e. The van der Waals surface area contributed by atoms with Gasteiger partial charge in [-0.05, 0) is 12.0 Å². The van der Waals surface area contributed by atoms with Crippen LogP contribution in [0.1, 0.15) is 31.7 Å². The second kappa shape index (κ2) is 9.46. The van der Waals surface area contributed by atoms with Crippen molar-refractivity contribution in [3.63, 3.8) is 0 Å². The summed E-state index contributed by atoms with van der Waals surface area (Å²) in [6.07, 6.45) is 0.799. The van der Waals surface area contributed by atoms with Crippen LogP contribution in [0.2, 0.25) is 0 Å². The first-order valence-corrected chi connectivity index (χ1v) is 9.60. The maximum Gasteiger partial charge on any atom is 0.303 e. The molecule has 0 aliphatic carbocycles. The van der Waals surface area contributed by atoms with Crippen molar-refractivity contribution in [1.82, 2.24) is 9.80 Å². The van der Waals surface area contributed by atoms with Crippen LogP contribution in [0.5, 0.6) is 0 Å². The molecule has 1 aromatic rings. The fourth-order valence-corrected chi connectivity index (χ4v) is 3.97. The van der Waals surface area contributed by atoms with Gasteiger partial charge in [0.15, 0.2) is 0 Å². The zero-order valence-electron chi connectivity index (χ0n) is 14.4. The van der Waals surface area contributed by atoms with Crippen molar-refractivity contribution in [3.05, 3.63) is 35.9 Å². The predicted octanol–water partition coefficient (Wildman–Crippen LogP) is 2.19. The molecule has 0 spiro atoms. The number of carbonyl (C=O) groups excluding carboxylic acids is 2. The zero-order valence-corrected chi connectivity index (χ0v) is 15.2. The van der Waals surface area contributed by atoms with E-state index in [1.54, 1.807) is 28.5 Å². The predicted molar refractivity (Wildman–Crippen MR) is 97.0 cm³/mol. The average molecular weight is 364 g/mol. The Balaban J connectivity index is 2.10. The van der Waals surface area contributed by atoms with E-state index in [1.807, 2.05) is 30.3 Å². The number of hydrogen-bond donors (Lipinski definition) is 1. The van der Waals surface area contributed by atoms with Crippen LogP contribution in [0.15, 0.2) is 30.3 Å². The Morgan fingerprint density at radius 3 is 2.64 bits per heavy atom. The number of carbonyl (C=O) groups is 3. The van der Waals surface area contributed by atoms with E-state index < -0.39 is 12.0 Å². The Kier molecular flexibility index (Phi) is 7.31. The molecule has 0 radical (unpaired) electrons. The number of hydrogen-bond acceptors (Lipinski definition) is 4. The van der Waals surface area contributed by atoms with E-state index in [0.29, 0.717) is 37.6 Å². The molecule has 1 saturated heterocycles. The molecule has 0 aromatic heterocycles. The van der Waals surface area contributed by atoms with Crippen LogP contribution >= 0.6 is 11.8 Å². The third-order valence-electron chi connectivity index (χ3n) is 4.14. The molecular formula is C18H24N2O4S. The van der Waals surface area contributed by atoms with E-state index >= 15 is 0 Å². The van der Waals surface area contributed by atoms with E-state index in [0.717, 1.165) is 5.56 Å². The summed E-state index contributed by atoms with van der Waals surface area (Å²) in [4.78, 5) is 39.2. The number of amides is 2. The maximum absolute atomic E-state index is 13.0. The molecule has 1 aliphatic rings. The van der Waals surface area contributed by atoms with Crippen LogP contribution < -0.4 is 0 Å². The van der Waals surface area contributed by atoms with Gasteiger partial charge in [-0.2, -0.15) is 0 Å². The fraction of sp³-hybridized carbons (Fsp3) is 0.500. The Morgan fingerprint density at radius 1 is 1.28 bits per heavy atom. The van der Waals surface area contributed by atoms with E-state index in [9.17, 15) is 14.4 Å². The van der Waals surface area contributed by atoms with Crippen LogP contribution in [0, 0.1) is 0 Å². The van der Waals surface area contributed by atoms with Gasteiger partial charge in [0, 0.05) is 31.7 Å². The minimum absolute atomic E-state index is 0.0199. The highest BCUT2D eigenvalue weighted by molar-refractivity contribution is 7.99. The summed E-state index contributed by atoms with van der Waals surface area (Å²) >= 11 is 1.58. The Hall–Kier alpha value is -2.02. The van der Waals surface area contributed by atoms with Gasteiger partial charge >= 0.3 is 5.97 Å². The molecule has 136 valence electrons. The van der Waals surface area contributed by atoms with Gasteiger partial charge in [0.25, 0.3) is 0 Å². The highest BCUT2D eigenvalue weighted by Gasteiger charge is 2.36. The van der Waals surface area contributed by atoms with Crippen LogP contribution in [0.4, 0.5) is 0 Å². The van der Waals surface area contributed by atoms with Gasteiger partial charge in [-0.25, -0.2) is 0 Å². The molecule has 1 heterocycles. The molecule has 1 N–H and O–H groups in total. The lowest BCUT2D eigenvalue weighted by Crippen LogP contribution is -2.49. The largest absolute Gasteiger partial charge is 0.481 e. The monoisotopic (exact) mass is 364 g/mol. The van der Waals surface area contributed by atoms with Crippen LogP contribution in [0.3, 0.4) is 0 Å². The van der Waals surface area contributed by atoms with E-state index in [-0.39, 0.29) is 18.2 Å².